The van der Waals surface area contributed by atoms with Gasteiger partial charge in [-0.3, -0.25) is 0 Å². The Bertz CT molecular complexity index is 186. The van der Waals surface area contributed by atoms with Crippen molar-refractivity contribution in [2.45, 2.75) is 6.55 Å². The lowest BCUT2D eigenvalue weighted by atomic mass is 10.4. The van der Waals surface area contributed by atoms with Crippen LogP contribution in [-0.4, -0.2) is 16.0 Å². The third kappa shape index (κ3) is 1.69. The van der Waals surface area contributed by atoms with Crippen LogP contribution < -0.4 is 10.2 Å². The summed E-state index contributed by atoms with van der Waals surface area (Å²) in [5.41, 5.74) is 0. The predicted molar refractivity (Wildman–Crippen MR) is 48.1 cm³/mol. The lowest BCUT2D eigenvalue weighted by Crippen LogP contribution is -2.39. The molecule has 0 aliphatic heterocycles. The van der Waals surface area contributed by atoms with E-state index in [4.69, 9.17) is 0 Å². The molecule has 2 heteroatoms. The zero-order valence-corrected chi connectivity index (χ0v) is 7.62. The zero-order chi connectivity index (χ0) is 7.40. The van der Waals surface area contributed by atoms with E-state index >= 15 is 0 Å². The van der Waals surface area contributed by atoms with E-state index in [9.17, 15) is 0 Å². The molecular weight excluding hydrogens is 138 g/mol. The second-order valence-corrected chi connectivity index (χ2v) is 5.11. The molecule has 0 aromatic heterocycles. The maximum Gasteiger partial charge on any atom is 0.137 e. The van der Waals surface area contributed by atoms with Gasteiger partial charge >= 0.3 is 0 Å². The quantitative estimate of drug-likeness (QED) is 0.606. The molecule has 1 aromatic rings. The molecule has 54 valence electrons. The molecule has 0 aliphatic rings. The van der Waals surface area contributed by atoms with Gasteiger partial charge in [-0.25, -0.2) is 0 Å². The Morgan fingerprint density at radius 2 is 1.80 bits per heavy atom. The molecule has 1 aromatic carbocycles. The SMILES string of the molecule is CN[SiH](C)c1ccccc1. The summed E-state index contributed by atoms with van der Waals surface area (Å²) in [5.74, 6) is 0. The topological polar surface area (TPSA) is 12.0 Å². The first-order valence-electron chi connectivity index (χ1n) is 3.57. The molecular formula is C8H13NSi. The molecule has 0 heterocycles. The summed E-state index contributed by atoms with van der Waals surface area (Å²) in [6.45, 7) is 2.29. The average molecular weight is 151 g/mol. The van der Waals surface area contributed by atoms with Crippen molar-refractivity contribution in [3.63, 3.8) is 0 Å². The van der Waals surface area contributed by atoms with Crippen molar-refractivity contribution in [1.29, 1.82) is 0 Å². The number of nitrogens with one attached hydrogen (secondary N) is 1. The van der Waals surface area contributed by atoms with Gasteiger partial charge in [0.05, 0.1) is 0 Å². The van der Waals surface area contributed by atoms with Crippen molar-refractivity contribution < 1.29 is 0 Å². The maximum atomic E-state index is 3.32. The Balaban J connectivity index is 2.75. The van der Waals surface area contributed by atoms with Crippen LogP contribution in [0.25, 0.3) is 0 Å². The van der Waals surface area contributed by atoms with Crippen LogP contribution in [0.5, 0.6) is 0 Å². The van der Waals surface area contributed by atoms with E-state index in [-0.39, 0.29) is 0 Å². The van der Waals surface area contributed by atoms with Gasteiger partial charge in [0.2, 0.25) is 0 Å². The molecule has 0 saturated heterocycles. The standard InChI is InChI=1S/C8H13NSi/c1-9-10(2)8-6-4-3-5-7-8/h3-7,9-10H,1-2H3. The van der Waals surface area contributed by atoms with Crippen molar-refractivity contribution in [3.8, 4) is 0 Å². The number of hydrogen-bond acceptors (Lipinski definition) is 1. The van der Waals surface area contributed by atoms with Crippen LogP contribution in [0.15, 0.2) is 30.3 Å². The van der Waals surface area contributed by atoms with Crippen molar-refractivity contribution >= 4 is 14.1 Å². The van der Waals surface area contributed by atoms with Gasteiger partial charge in [0.15, 0.2) is 0 Å². The second-order valence-electron chi connectivity index (χ2n) is 2.42. The zero-order valence-electron chi connectivity index (χ0n) is 6.46. The van der Waals surface area contributed by atoms with Crippen LogP contribution in [0.1, 0.15) is 0 Å². The predicted octanol–water partition coefficient (Wildman–Crippen LogP) is 0.467. The number of rotatable bonds is 2. The summed E-state index contributed by atoms with van der Waals surface area (Å²) < 4.78 is 0. The van der Waals surface area contributed by atoms with Crippen molar-refractivity contribution in [3.05, 3.63) is 30.3 Å². The molecule has 1 rings (SSSR count). The van der Waals surface area contributed by atoms with E-state index < -0.39 is 8.96 Å². The minimum absolute atomic E-state index is 0.790. The first-order chi connectivity index (χ1) is 4.84. The number of hydrogen-bond donors (Lipinski definition) is 1. The maximum absolute atomic E-state index is 3.32. The van der Waals surface area contributed by atoms with Gasteiger partial charge in [-0.1, -0.05) is 36.9 Å². The molecule has 1 N–H and O–H groups in total. The fourth-order valence-corrected chi connectivity index (χ4v) is 2.04. The monoisotopic (exact) mass is 151 g/mol. The van der Waals surface area contributed by atoms with Crippen LogP contribution in [0, 0.1) is 0 Å². The van der Waals surface area contributed by atoms with Crippen LogP contribution in [0.3, 0.4) is 0 Å². The van der Waals surface area contributed by atoms with Crippen LogP contribution in [-0.2, 0) is 0 Å². The Hall–Kier alpha value is -0.603. The highest BCUT2D eigenvalue weighted by Gasteiger charge is 2.00. The number of benzene rings is 1. The van der Waals surface area contributed by atoms with Crippen LogP contribution in [0.4, 0.5) is 0 Å². The lowest BCUT2D eigenvalue weighted by molar-refractivity contribution is 1.22. The molecule has 0 spiro atoms. The van der Waals surface area contributed by atoms with E-state index in [1.54, 1.807) is 0 Å². The summed E-state index contributed by atoms with van der Waals surface area (Å²) >= 11 is 0. The molecule has 10 heavy (non-hydrogen) atoms. The third-order valence-electron chi connectivity index (χ3n) is 1.73. The molecule has 0 bridgehead atoms. The van der Waals surface area contributed by atoms with Gasteiger partial charge in [-0.05, 0) is 12.2 Å². The van der Waals surface area contributed by atoms with E-state index in [2.05, 4.69) is 41.9 Å². The molecule has 1 atom stereocenters. The molecule has 0 saturated carbocycles. The van der Waals surface area contributed by atoms with Gasteiger partial charge in [0.25, 0.3) is 0 Å². The summed E-state index contributed by atoms with van der Waals surface area (Å²) in [4.78, 5) is 3.32. The summed E-state index contributed by atoms with van der Waals surface area (Å²) in [6, 6.07) is 10.6. The first kappa shape index (κ1) is 7.50. The summed E-state index contributed by atoms with van der Waals surface area (Å²) in [7, 11) is 1.24. The minimum Gasteiger partial charge on any atom is -0.339 e. The fraction of sp³-hybridized carbons (Fsp3) is 0.250. The largest absolute Gasteiger partial charge is 0.339 e. The van der Waals surface area contributed by atoms with Gasteiger partial charge < -0.3 is 4.98 Å². The van der Waals surface area contributed by atoms with Crippen LogP contribution >= 0.6 is 0 Å². The van der Waals surface area contributed by atoms with Gasteiger partial charge in [-0.2, -0.15) is 0 Å². The molecule has 0 fully saturated rings. The van der Waals surface area contributed by atoms with E-state index in [1.165, 1.54) is 5.19 Å². The third-order valence-corrected chi connectivity index (χ3v) is 3.98. The van der Waals surface area contributed by atoms with E-state index in [0.717, 1.165) is 0 Å². The van der Waals surface area contributed by atoms with Crippen molar-refractivity contribution in [2.75, 3.05) is 7.05 Å². The highest BCUT2D eigenvalue weighted by Crippen LogP contribution is 1.84. The first-order valence-corrected chi connectivity index (χ1v) is 5.87. The summed E-state index contributed by atoms with van der Waals surface area (Å²) in [5, 5.41) is 1.48. The normalized spacial score (nSPS) is 13.0. The van der Waals surface area contributed by atoms with Crippen molar-refractivity contribution in [1.82, 2.24) is 4.98 Å². The summed E-state index contributed by atoms with van der Waals surface area (Å²) in [6.07, 6.45) is 0. The second kappa shape index (κ2) is 3.54. The van der Waals surface area contributed by atoms with Gasteiger partial charge in [-0.15, -0.1) is 0 Å². The van der Waals surface area contributed by atoms with Crippen LogP contribution in [0.2, 0.25) is 6.55 Å². The van der Waals surface area contributed by atoms with Gasteiger partial charge in [0, 0.05) is 0 Å². The Kier molecular flexibility index (Phi) is 2.65. The highest BCUT2D eigenvalue weighted by molar-refractivity contribution is 6.69. The molecule has 0 amide bonds. The van der Waals surface area contributed by atoms with Crippen molar-refractivity contribution in [2.24, 2.45) is 0 Å². The van der Waals surface area contributed by atoms with E-state index in [1.807, 2.05) is 7.05 Å². The average Bonchev–Trinajstić information content (AvgIpc) is 2.05. The molecule has 0 radical (unpaired) electrons. The Labute approximate surface area is 63.8 Å². The molecule has 1 nitrogen and oxygen atoms in total. The highest BCUT2D eigenvalue weighted by atomic mass is 28.3. The lowest BCUT2D eigenvalue weighted by Gasteiger charge is -2.06. The molecule has 0 aliphatic carbocycles. The fourth-order valence-electron chi connectivity index (χ4n) is 0.908. The minimum atomic E-state index is -0.790. The molecule has 1 unspecified atom stereocenters. The van der Waals surface area contributed by atoms with E-state index in [0.29, 0.717) is 0 Å². The van der Waals surface area contributed by atoms with Gasteiger partial charge in [0.1, 0.15) is 8.96 Å². The smallest absolute Gasteiger partial charge is 0.137 e. The Morgan fingerprint density at radius 1 is 1.20 bits per heavy atom. The Morgan fingerprint density at radius 3 is 2.30 bits per heavy atom.